The van der Waals surface area contributed by atoms with E-state index < -0.39 is 0 Å². The molecule has 3 nitrogen and oxygen atoms in total. The summed E-state index contributed by atoms with van der Waals surface area (Å²) in [5.41, 5.74) is 9.15. The van der Waals surface area contributed by atoms with Crippen LogP contribution in [0.2, 0.25) is 0 Å². The molecule has 19 heavy (non-hydrogen) atoms. The summed E-state index contributed by atoms with van der Waals surface area (Å²) in [4.78, 5) is 2.19. The molecule has 3 heteroatoms. The highest BCUT2D eigenvalue weighted by atomic mass is 16.5. The van der Waals surface area contributed by atoms with Crippen molar-refractivity contribution in [1.82, 2.24) is 0 Å². The summed E-state index contributed by atoms with van der Waals surface area (Å²) >= 11 is 0. The Bertz CT molecular complexity index is 540. The van der Waals surface area contributed by atoms with Crippen molar-refractivity contribution in [2.75, 3.05) is 19.1 Å². The number of hydrogen-bond acceptors (Lipinski definition) is 3. The largest absolute Gasteiger partial charge is 0.496 e. The van der Waals surface area contributed by atoms with Crippen molar-refractivity contribution in [3.8, 4) is 5.75 Å². The SMILES string of the molecule is COc1ccccc1CN(C)c1cccc(CN)c1. The fraction of sp³-hybridized carbons (Fsp3) is 0.250. The lowest BCUT2D eigenvalue weighted by molar-refractivity contribution is 0.409. The first-order valence-electron chi connectivity index (χ1n) is 6.36. The standard InChI is InChI=1S/C16H20N2O/c1-18(15-8-5-6-13(10-15)11-17)12-14-7-3-4-9-16(14)19-2/h3-10H,11-12,17H2,1-2H3. The van der Waals surface area contributed by atoms with E-state index in [0.29, 0.717) is 6.54 Å². The van der Waals surface area contributed by atoms with E-state index in [2.05, 4.69) is 30.1 Å². The smallest absolute Gasteiger partial charge is 0.123 e. The Morgan fingerprint density at radius 2 is 1.89 bits per heavy atom. The fourth-order valence-electron chi connectivity index (χ4n) is 2.10. The first-order chi connectivity index (χ1) is 9.24. The van der Waals surface area contributed by atoms with E-state index in [1.807, 2.05) is 30.3 Å². The molecule has 0 aromatic heterocycles. The zero-order valence-corrected chi connectivity index (χ0v) is 11.5. The highest BCUT2D eigenvalue weighted by Gasteiger charge is 2.06. The molecule has 0 aliphatic heterocycles. The van der Waals surface area contributed by atoms with Crippen molar-refractivity contribution >= 4 is 5.69 Å². The van der Waals surface area contributed by atoms with E-state index in [0.717, 1.165) is 23.5 Å². The van der Waals surface area contributed by atoms with Gasteiger partial charge in [0.25, 0.3) is 0 Å². The second kappa shape index (κ2) is 6.25. The van der Waals surface area contributed by atoms with Crippen molar-refractivity contribution in [3.05, 3.63) is 59.7 Å². The maximum Gasteiger partial charge on any atom is 0.123 e. The minimum Gasteiger partial charge on any atom is -0.496 e. The highest BCUT2D eigenvalue weighted by Crippen LogP contribution is 2.22. The van der Waals surface area contributed by atoms with Crippen LogP contribution in [-0.4, -0.2) is 14.2 Å². The van der Waals surface area contributed by atoms with E-state index in [9.17, 15) is 0 Å². The van der Waals surface area contributed by atoms with Crippen LogP contribution in [0.5, 0.6) is 5.75 Å². The Morgan fingerprint density at radius 3 is 2.63 bits per heavy atom. The van der Waals surface area contributed by atoms with E-state index in [1.54, 1.807) is 7.11 Å². The highest BCUT2D eigenvalue weighted by molar-refractivity contribution is 5.49. The quantitative estimate of drug-likeness (QED) is 0.894. The minimum atomic E-state index is 0.566. The van der Waals surface area contributed by atoms with E-state index >= 15 is 0 Å². The van der Waals surface area contributed by atoms with E-state index in [1.165, 1.54) is 5.56 Å². The van der Waals surface area contributed by atoms with Crippen molar-refractivity contribution in [3.63, 3.8) is 0 Å². The lowest BCUT2D eigenvalue weighted by Gasteiger charge is -2.21. The summed E-state index contributed by atoms with van der Waals surface area (Å²) in [5.74, 6) is 0.921. The van der Waals surface area contributed by atoms with Gasteiger partial charge in [0.1, 0.15) is 5.75 Å². The van der Waals surface area contributed by atoms with Gasteiger partial charge in [0.05, 0.1) is 7.11 Å². The molecular weight excluding hydrogens is 236 g/mol. The van der Waals surface area contributed by atoms with E-state index in [-0.39, 0.29) is 0 Å². The molecule has 0 saturated carbocycles. The van der Waals surface area contributed by atoms with Gasteiger partial charge in [-0.05, 0) is 23.8 Å². The maximum absolute atomic E-state index is 5.68. The Hall–Kier alpha value is -2.00. The topological polar surface area (TPSA) is 38.5 Å². The predicted octanol–water partition coefficient (Wildman–Crippen LogP) is 2.79. The molecule has 2 aromatic rings. The van der Waals surface area contributed by atoms with Crippen molar-refractivity contribution in [1.29, 1.82) is 0 Å². The molecule has 0 bridgehead atoms. The number of benzene rings is 2. The number of ether oxygens (including phenoxy) is 1. The van der Waals surface area contributed by atoms with Crippen LogP contribution in [-0.2, 0) is 13.1 Å². The molecule has 0 aliphatic rings. The van der Waals surface area contributed by atoms with Gasteiger partial charge in [-0.2, -0.15) is 0 Å². The van der Waals surface area contributed by atoms with Crippen LogP contribution in [0.25, 0.3) is 0 Å². The summed E-state index contributed by atoms with van der Waals surface area (Å²) < 4.78 is 5.38. The summed E-state index contributed by atoms with van der Waals surface area (Å²) in [6, 6.07) is 16.4. The molecule has 0 atom stereocenters. The molecule has 2 rings (SSSR count). The molecule has 0 heterocycles. The van der Waals surface area contributed by atoms with Crippen LogP contribution < -0.4 is 15.4 Å². The molecule has 0 spiro atoms. The Kier molecular flexibility index (Phi) is 4.42. The van der Waals surface area contributed by atoms with Gasteiger partial charge in [0.2, 0.25) is 0 Å². The first kappa shape index (κ1) is 13.4. The minimum absolute atomic E-state index is 0.566. The number of anilines is 1. The Morgan fingerprint density at radius 1 is 1.11 bits per heavy atom. The fourth-order valence-corrected chi connectivity index (χ4v) is 2.10. The van der Waals surface area contributed by atoms with Crippen LogP contribution >= 0.6 is 0 Å². The number of para-hydroxylation sites is 1. The predicted molar refractivity (Wildman–Crippen MR) is 79.4 cm³/mol. The normalized spacial score (nSPS) is 10.3. The van der Waals surface area contributed by atoms with Gasteiger partial charge in [0.15, 0.2) is 0 Å². The first-order valence-corrected chi connectivity index (χ1v) is 6.36. The van der Waals surface area contributed by atoms with Crippen LogP contribution in [0.1, 0.15) is 11.1 Å². The van der Waals surface area contributed by atoms with Gasteiger partial charge >= 0.3 is 0 Å². The van der Waals surface area contributed by atoms with Crippen LogP contribution in [0.3, 0.4) is 0 Å². The second-order valence-electron chi connectivity index (χ2n) is 4.54. The number of methoxy groups -OCH3 is 1. The van der Waals surface area contributed by atoms with Gasteiger partial charge in [0, 0.05) is 31.4 Å². The number of hydrogen-bond donors (Lipinski definition) is 1. The zero-order chi connectivity index (χ0) is 13.7. The molecular formula is C16H20N2O. The average molecular weight is 256 g/mol. The maximum atomic E-state index is 5.68. The molecule has 0 fully saturated rings. The van der Waals surface area contributed by atoms with Crippen LogP contribution in [0.4, 0.5) is 5.69 Å². The van der Waals surface area contributed by atoms with Gasteiger partial charge in [-0.15, -0.1) is 0 Å². The van der Waals surface area contributed by atoms with Crippen molar-refractivity contribution in [2.24, 2.45) is 5.73 Å². The number of nitrogens with zero attached hydrogens (tertiary/aromatic N) is 1. The molecule has 2 N–H and O–H groups in total. The van der Waals surface area contributed by atoms with Gasteiger partial charge in [-0.3, -0.25) is 0 Å². The zero-order valence-electron chi connectivity index (χ0n) is 11.5. The third kappa shape index (κ3) is 3.26. The molecule has 0 saturated heterocycles. The molecule has 0 amide bonds. The lowest BCUT2D eigenvalue weighted by Crippen LogP contribution is -2.17. The third-order valence-electron chi connectivity index (χ3n) is 3.19. The molecule has 2 aromatic carbocycles. The average Bonchev–Trinajstić information content (AvgIpc) is 2.47. The molecule has 0 radical (unpaired) electrons. The van der Waals surface area contributed by atoms with Crippen molar-refractivity contribution < 1.29 is 4.74 Å². The van der Waals surface area contributed by atoms with Crippen molar-refractivity contribution in [2.45, 2.75) is 13.1 Å². The third-order valence-corrected chi connectivity index (χ3v) is 3.19. The number of rotatable bonds is 5. The molecule has 100 valence electrons. The second-order valence-corrected chi connectivity index (χ2v) is 4.54. The van der Waals surface area contributed by atoms with Gasteiger partial charge < -0.3 is 15.4 Å². The summed E-state index contributed by atoms with van der Waals surface area (Å²) in [7, 11) is 3.77. The number of nitrogens with two attached hydrogens (primary N) is 1. The summed E-state index contributed by atoms with van der Waals surface area (Å²) in [5, 5.41) is 0. The Balaban J connectivity index is 2.18. The lowest BCUT2D eigenvalue weighted by atomic mass is 10.1. The van der Waals surface area contributed by atoms with Gasteiger partial charge in [-0.25, -0.2) is 0 Å². The van der Waals surface area contributed by atoms with Gasteiger partial charge in [-0.1, -0.05) is 30.3 Å². The summed E-state index contributed by atoms with van der Waals surface area (Å²) in [6.45, 7) is 1.37. The van der Waals surface area contributed by atoms with Crippen LogP contribution in [0, 0.1) is 0 Å². The monoisotopic (exact) mass is 256 g/mol. The summed E-state index contributed by atoms with van der Waals surface area (Å²) in [6.07, 6.45) is 0. The molecule has 0 aliphatic carbocycles. The van der Waals surface area contributed by atoms with E-state index in [4.69, 9.17) is 10.5 Å². The molecule has 0 unspecified atom stereocenters. The Labute approximate surface area is 114 Å². The van der Waals surface area contributed by atoms with Crippen LogP contribution in [0.15, 0.2) is 48.5 Å².